The van der Waals surface area contributed by atoms with Crippen LogP contribution in [-0.4, -0.2) is 9.78 Å². The van der Waals surface area contributed by atoms with Gasteiger partial charge in [-0.2, -0.15) is 5.10 Å². The molecule has 98 valence electrons. The zero-order chi connectivity index (χ0) is 13.2. The van der Waals surface area contributed by atoms with Crippen molar-refractivity contribution in [3.05, 3.63) is 53.2 Å². The van der Waals surface area contributed by atoms with Crippen molar-refractivity contribution in [3.63, 3.8) is 0 Å². The average Bonchev–Trinajstić information content (AvgIpc) is 3.02. The molecule has 4 heteroatoms. The first kappa shape index (κ1) is 12.4. The minimum absolute atomic E-state index is 0.0938. The molecule has 2 N–H and O–H groups in total. The Kier molecular flexibility index (Phi) is 3.36. The Morgan fingerprint density at radius 2 is 2.21 bits per heavy atom. The van der Waals surface area contributed by atoms with Crippen molar-refractivity contribution in [2.45, 2.75) is 18.9 Å². The average molecular weight is 271 g/mol. The van der Waals surface area contributed by atoms with Gasteiger partial charge < -0.3 is 5.73 Å². The SMILES string of the molecule is Cn1cc(CCC(N)c2csc3ccccc23)cn1. The first-order valence-corrected chi connectivity index (χ1v) is 7.31. The summed E-state index contributed by atoms with van der Waals surface area (Å²) in [6.45, 7) is 0. The van der Waals surface area contributed by atoms with Gasteiger partial charge in [0.1, 0.15) is 0 Å². The van der Waals surface area contributed by atoms with E-state index >= 15 is 0 Å². The van der Waals surface area contributed by atoms with Gasteiger partial charge in [0.25, 0.3) is 0 Å². The molecule has 2 heterocycles. The highest BCUT2D eigenvalue weighted by Crippen LogP contribution is 2.30. The highest BCUT2D eigenvalue weighted by Gasteiger charge is 2.12. The third-order valence-corrected chi connectivity index (χ3v) is 4.39. The quantitative estimate of drug-likeness (QED) is 0.791. The van der Waals surface area contributed by atoms with E-state index in [2.05, 4.69) is 40.9 Å². The third kappa shape index (κ3) is 2.55. The van der Waals surface area contributed by atoms with E-state index in [0.717, 1.165) is 12.8 Å². The number of rotatable bonds is 4. The summed E-state index contributed by atoms with van der Waals surface area (Å²) < 4.78 is 3.15. The van der Waals surface area contributed by atoms with Crippen LogP contribution in [0.5, 0.6) is 0 Å². The molecule has 3 rings (SSSR count). The number of benzene rings is 1. The summed E-state index contributed by atoms with van der Waals surface area (Å²) in [5.74, 6) is 0. The highest BCUT2D eigenvalue weighted by atomic mass is 32.1. The standard InChI is InChI=1S/C15H17N3S/c1-18-9-11(8-17-18)6-7-14(16)13-10-19-15-5-3-2-4-12(13)15/h2-5,8-10,14H,6-7,16H2,1H3. The fourth-order valence-corrected chi connectivity index (χ4v) is 3.39. The summed E-state index contributed by atoms with van der Waals surface area (Å²) in [6, 6.07) is 8.55. The maximum absolute atomic E-state index is 6.34. The van der Waals surface area contributed by atoms with Crippen LogP contribution in [0.15, 0.2) is 42.0 Å². The van der Waals surface area contributed by atoms with Crippen LogP contribution in [0.4, 0.5) is 0 Å². The predicted octanol–water partition coefficient (Wildman–Crippen LogP) is 3.27. The molecule has 0 bridgehead atoms. The molecule has 0 fully saturated rings. The van der Waals surface area contributed by atoms with Gasteiger partial charge in [0.05, 0.1) is 6.20 Å². The maximum Gasteiger partial charge on any atom is 0.0521 e. The summed E-state index contributed by atoms with van der Waals surface area (Å²) in [5.41, 5.74) is 8.86. The number of hydrogen-bond donors (Lipinski definition) is 1. The molecule has 0 aliphatic rings. The van der Waals surface area contributed by atoms with Crippen molar-refractivity contribution in [1.82, 2.24) is 9.78 Å². The Hall–Kier alpha value is -1.65. The first-order chi connectivity index (χ1) is 9.24. The Morgan fingerprint density at radius 3 is 3.00 bits per heavy atom. The molecule has 0 saturated carbocycles. The Morgan fingerprint density at radius 1 is 1.37 bits per heavy atom. The van der Waals surface area contributed by atoms with Crippen LogP contribution in [0.3, 0.4) is 0 Å². The lowest BCUT2D eigenvalue weighted by Gasteiger charge is -2.10. The van der Waals surface area contributed by atoms with E-state index in [9.17, 15) is 0 Å². The Balaban J connectivity index is 1.75. The predicted molar refractivity (Wildman–Crippen MR) is 80.3 cm³/mol. The Labute approximate surface area is 116 Å². The van der Waals surface area contributed by atoms with Crippen molar-refractivity contribution < 1.29 is 0 Å². The minimum atomic E-state index is 0.0938. The van der Waals surface area contributed by atoms with Gasteiger partial charge in [0.15, 0.2) is 0 Å². The number of thiophene rings is 1. The minimum Gasteiger partial charge on any atom is -0.324 e. The molecule has 0 aliphatic carbocycles. The van der Waals surface area contributed by atoms with Crippen LogP contribution >= 0.6 is 11.3 Å². The highest BCUT2D eigenvalue weighted by molar-refractivity contribution is 7.17. The molecule has 0 saturated heterocycles. The number of hydrogen-bond acceptors (Lipinski definition) is 3. The van der Waals surface area contributed by atoms with E-state index in [0.29, 0.717) is 0 Å². The molecule has 2 aromatic heterocycles. The van der Waals surface area contributed by atoms with Gasteiger partial charge in [0.2, 0.25) is 0 Å². The molecule has 0 spiro atoms. The normalized spacial score (nSPS) is 12.9. The summed E-state index contributed by atoms with van der Waals surface area (Å²) >= 11 is 1.77. The molecule has 0 radical (unpaired) electrons. The summed E-state index contributed by atoms with van der Waals surface area (Å²) in [4.78, 5) is 0. The van der Waals surface area contributed by atoms with Gasteiger partial charge in [0, 0.05) is 24.0 Å². The van der Waals surface area contributed by atoms with Crippen LogP contribution < -0.4 is 5.73 Å². The second-order valence-electron chi connectivity index (χ2n) is 4.85. The number of fused-ring (bicyclic) bond motifs is 1. The fraction of sp³-hybridized carbons (Fsp3) is 0.267. The molecular weight excluding hydrogens is 254 g/mol. The van der Waals surface area contributed by atoms with Crippen molar-refractivity contribution in [2.75, 3.05) is 0 Å². The molecule has 0 aliphatic heterocycles. The molecule has 1 unspecified atom stereocenters. The summed E-state index contributed by atoms with van der Waals surface area (Å²) in [6.07, 6.45) is 5.89. The van der Waals surface area contributed by atoms with E-state index in [-0.39, 0.29) is 6.04 Å². The van der Waals surface area contributed by atoms with Crippen LogP contribution in [0, 0.1) is 0 Å². The molecule has 0 amide bonds. The van der Waals surface area contributed by atoms with E-state index in [4.69, 9.17) is 5.73 Å². The molecule has 1 atom stereocenters. The smallest absolute Gasteiger partial charge is 0.0521 e. The Bertz CT molecular complexity index is 683. The topological polar surface area (TPSA) is 43.8 Å². The number of nitrogens with zero attached hydrogens (tertiary/aromatic N) is 2. The van der Waals surface area contributed by atoms with Crippen LogP contribution in [0.2, 0.25) is 0 Å². The van der Waals surface area contributed by atoms with Gasteiger partial charge in [-0.3, -0.25) is 4.68 Å². The van der Waals surface area contributed by atoms with Gasteiger partial charge in [-0.15, -0.1) is 11.3 Å². The van der Waals surface area contributed by atoms with Gasteiger partial charge in [-0.1, -0.05) is 18.2 Å². The van der Waals surface area contributed by atoms with Crippen LogP contribution in [0.1, 0.15) is 23.6 Å². The third-order valence-electron chi connectivity index (χ3n) is 3.41. The molecule has 3 aromatic rings. The van der Waals surface area contributed by atoms with Gasteiger partial charge in [-0.25, -0.2) is 0 Å². The zero-order valence-corrected chi connectivity index (χ0v) is 11.7. The molecule has 19 heavy (non-hydrogen) atoms. The molecule has 1 aromatic carbocycles. The lowest BCUT2D eigenvalue weighted by Crippen LogP contribution is -2.10. The number of nitrogens with two attached hydrogens (primary N) is 1. The van der Waals surface area contributed by atoms with E-state index in [1.165, 1.54) is 21.2 Å². The second kappa shape index (κ2) is 5.15. The van der Waals surface area contributed by atoms with Gasteiger partial charge >= 0.3 is 0 Å². The van der Waals surface area contributed by atoms with E-state index in [1.807, 2.05) is 17.9 Å². The van der Waals surface area contributed by atoms with Crippen molar-refractivity contribution in [3.8, 4) is 0 Å². The number of aryl methyl sites for hydroxylation is 2. The maximum atomic E-state index is 6.34. The van der Waals surface area contributed by atoms with Crippen molar-refractivity contribution in [1.29, 1.82) is 0 Å². The van der Waals surface area contributed by atoms with E-state index < -0.39 is 0 Å². The molecule has 3 nitrogen and oxygen atoms in total. The summed E-state index contributed by atoms with van der Waals surface area (Å²) in [7, 11) is 1.94. The molecular formula is C15H17N3S. The fourth-order valence-electron chi connectivity index (χ4n) is 2.36. The largest absolute Gasteiger partial charge is 0.324 e. The summed E-state index contributed by atoms with van der Waals surface area (Å²) in [5, 5.41) is 7.68. The van der Waals surface area contributed by atoms with E-state index in [1.54, 1.807) is 11.3 Å². The second-order valence-corrected chi connectivity index (χ2v) is 5.77. The monoisotopic (exact) mass is 271 g/mol. The number of aromatic nitrogens is 2. The van der Waals surface area contributed by atoms with Crippen molar-refractivity contribution >= 4 is 21.4 Å². The lowest BCUT2D eigenvalue weighted by molar-refractivity contribution is 0.657. The lowest BCUT2D eigenvalue weighted by atomic mass is 10.0. The van der Waals surface area contributed by atoms with Crippen LogP contribution in [-0.2, 0) is 13.5 Å². The van der Waals surface area contributed by atoms with Crippen molar-refractivity contribution in [2.24, 2.45) is 12.8 Å². The first-order valence-electron chi connectivity index (χ1n) is 6.43. The zero-order valence-electron chi connectivity index (χ0n) is 10.9. The van der Waals surface area contributed by atoms with Gasteiger partial charge in [-0.05, 0) is 40.8 Å². The van der Waals surface area contributed by atoms with Crippen LogP contribution in [0.25, 0.3) is 10.1 Å².